The van der Waals surface area contributed by atoms with Gasteiger partial charge < -0.3 is 10.6 Å². The zero-order valence-electron chi connectivity index (χ0n) is 21.6. The molecule has 1 aliphatic heterocycles. The van der Waals surface area contributed by atoms with E-state index in [4.69, 9.17) is 10.8 Å². The number of Topliss-reactive ketones (excluding diaryl/α,β-unsaturated/α-hetero) is 1. The zero-order valence-corrected chi connectivity index (χ0v) is 21.6. The molecule has 5 rings (SSSR count). The second-order valence-corrected chi connectivity index (χ2v) is 9.73. The van der Waals surface area contributed by atoms with Crippen LogP contribution in [0.2, 0.25) is 0 Å². The molecule has 8 nitrogen and oxygen atoms in total. The van der Waals surface area contributed by atoms with Gasteiger partial charge in [0.15, 0.2) is 11.4 Å². The number of nitrogen functional groups attached to an aromatic ring is 1. The van der Waals surface area contributed by atoms with Gasteiger partial charge in [-0.15, -0.1) is 0 Å². The van der Waals surface area contributed by atoms with E-state index in [1.54, 1.807) is 4.90 Å². The number of amides is 1. The largest absolute Gasteiger partial charge is 0.416 e. The minimum atomic E-state index is -4.50. The van der Waals surface area contributed by atoms with Gasteiger partial charge in [-0.3, -0.25) is 9.59 Å². The summed E-state index contributed by atoms with van der Waals surface area (Å²) in [5.74, 6) is -0.198. The molecule has 2 aromatic heterocycles. The lowest BCUT2D eigenvalue weighted by Crippen LogP contribution is -2.40. The van der Waals surface area contributed by atoms with Crippen LogP contribution in [-0.4, -0.2) is 49.4 Å². The number of aromatic nitrogens is 4. The summed E-state index contributed by atoms with van der Waals surface area (Å²) in [5.41, 5.74) is 8.25. The summed E-state index contributed by atoms with van der Waals surface area (Å²) in [6, 6.07) is 11.8. The first-order valence-electron chi connectivity index (χ1n) is 12.9. The Morgan fingerprint density at radius 1 is 1.12 bits per heavy atom. The third-order valence-electron chi connectivity index (χ3n) is 7.13. The van der Waals surface area contributed by atoms with E-state index in [-0.39, 0.29) is 35.5 Å². The molecular formula is C29H27F3N6O2. The highest BCUT2D eigenvalue weighted by molar-refractivity contribution is 5.98. The van der Waals surface area contributed by atoms with Crippen molar-refractivity contribution >= 4 is 28.5 Å². The summed E-state index contributed by atoms with van der Waals surface area (Å²) in [6.45, 7) is 4.72. The lowest BCUT2D eigenvalue weighted by molar-refractivity contribution is -0.137. The molecule has 11 heteroatoms. The summed E-state index contributed by atoms with van der Waals surface area (Å²) in [7, 11) is 0. The smallest absolute Gasteiger partial charge is 0.383 e. The number of nitrogens with zero attached hydrogens (tertiary/aromatic N) is 5. The van der Waals surface area contributed by atoms with Gasteiger partial charge in [0.25, 0.3) is 0 Å². The number of hydrogen-bond acceptors (Lipinski definition) is 6. The predicted molar refractivity (Wildman–Crippen MR) is 144 cm³/mol. The van der Waals surface area contributed by atoms with E-state index in [2.05, 4.69) is 16.5 Å². The van der Waals surface area contributed by atoms with Gasteiger partial charge in [-0.25, -0.2) is 14.6 Å². The number of hydrogen-bond donors (Lipinski definition) is 1. The number of rotatable bonds is 7. The lowest BCUT2D eigenvalue weighted by Gasteiger charge is -2.32. The van der Waals surface area contributed by atoms with Gasteiger partial charge in [0, 0.05) is 30.6 Å². The van der Waals surface area contributed by atoms with Crippen molar-refractivity contribution in [3.63, 3.8) is 0 Å². The first-order chi connectivity index (χ1) is 19.2. The molecule has 2 aromatic carbocycles. The van der Waals surface area contributed by atoms with Crippen molar-refractivity contribution in [3.8, 4) is 11.3 Å². The Bertz CT molecular complexity index is 1580. The van der Waals surface area contributed by atoms with Crippen LogP contribution in [0.25, 0.3) is 22.3 Å². The molecule has 1 saturated heterocycles. The third-order valence-corrected chi connectivity index (χ3v) is 7.13. The number of nitrogens with two attached hydrogens (primary N) is 1. The zero-order chi connectivity index (χ0) is 28.4. The van der Waals surface area contributed by atoms with Crippen molar-refractivity contribution in [2.45, 2.75) is 37.9 Å². The fourth-order valence-corrected chi connectivity index (χ4v) is 5.04. The molecule has 0 unspecified atom stereocenters. The molecule has 1 aliphatic rings. The van der Waals surface area contributed by atoms with Crippen LogP contribution >= 0.6 is 0 Å². The van der Waals surface area contributed by atoms with E-state index in [1.165, 1.54) is 24.5 Å². The topological polar surface area (TPSA) is 107 Å². The molecule has 0 spiro atoms. The van der Waals surface area contributed by atoms with Gasteiger partial charge in [0.1, 0.15) is 17.8 Å². The predicted octanol–water partition coefficient (Wildman–Crippen LogP) is 5.26. The lowest BCUT2D eigenvalue weighted by atomic mass is 9.99. The molecule has 3 heterocycles. The molecule has 4 aromatic rings. The Kier molecular flexibility index (Phi) is 7.38. The fraction of sp³-hybridized carbons (Fsp3) is 0.276. The van der Waals surface area contributed by atoms with Gasteiger partial charge in [-0.2, -0.15) is 18.3 Å². The Balaban J connectivity index is 1.36. The Labute approximate surface area is 228 Å². The minimum Gasteiger partial charge on any atom is -0.383 e. The standard InChI is InChI=1S/C29H27F3N6O2/c1-2-24(40)37-14-4-7-22(16-37)38-28-25(27(33)34-17-35-28)26(36-38)19-11-8-18(9-12-19)10-13-23(39)20-5-3-6-21(15-20)29(30,31)32/h2-3,5-6,8-9,11-12,15,17,22H,1,4,7,10,13-14,16H2,(H2,33,34,35)/t22-/m1/s1. The normalized spacial score (nSPS) is 15.8. The molecule has 2 N–H and O–H groups in total. The van der Waals surface area contributed by atoms with Gasteiger partial charge in [-0.1, -0.05) is 43.0 Å². The number of alkyl halides is 3. The molecule has 40 heavy (non-hydrogen) atoms. The van der Waals surface area contributed by atoms with Crippen molar-refractivity contribution < 1.29 is 22.8 Å². The van der Waals surface area contributed by atoms with Crippen molar-refractivity contribution in [2.24, 2.45) is 0 Å². The monoisotopic (exact) mass is 548 g/mol. The van der Waals surface area contributed by atoms with E-state index < -0.39 is 11.7 Å². The first kappa shape index (κ1) is 27.0. The van der Waals surface area contributed by atoms with Crippen LogP contribution in [0.15, 0.2) is 67.5 Å². The Morgan fingerprint density at radius 2 is 1.90 bits per heavy atom. The summed E-state index contributed by atoms with van der Waals surface area (Å²) in [6.07, 6.45) is 0.265. The molecule has 0 radical (unpaired) electrons. The fourth-order valence-electron chi connectivity index (χ4n) is 5.04. The Hall–Kier alpha value is -4.54. The van der Waals surface area contributed by atoms with Gasteiger partial charge in [0.05, 0.1) is 17.0 Å². The third kappa shape index (κ3) is 5.45. The van der Waals surface area contributed by atoms with Crippen LogP contribution in [0, 0.1) is 0 Å². The van der Waals surface area contributed by atoms with Crippen molar-refractivity contribution in [2.75, 3.05) is 18.8 Å². The maximum Gasteiger partial charge on any atom is 0.416 e. The highest BCUT2D eigenvalue weighted by Crippen LogP contribution is 2.34. The van der Waals surface area contributed by atoms with Gasteiger partial charge in [-0.05, 0) is 43.0 Å². The molecule has 206 valence electrons. The van der Waals surface area contributed by atoms with E-state index in [0.29, 0.717) is 36.2 Å². The number of carbonyl (C=O) groups excluding carboxylic acids is 2. The van der Waals surface area contributed by atoms with Crippen LogP contribution in [0.4, 0.5) is 19.0 Å². The highest BCUT2D eigenvalue weighted by atomic mass is 19.4. The SMILES string of the molecule is C=CC(=O)N1CCC[C@@H](n2nc(-c3ccc(CCC(=O)c4cccc(C(F)(F)F)c4)cc3)c3c(N)ncnc32)C1. The number of carbonyl (C=O) groups is 2. The van der Waals surface area contributed by atoms with Crippen molar-refractivity contribution in [1.82, 2.24) is 24.6 Å². The molecule has 1 fully saturated rings. The van der Waals surface area contributed by atoms with Crippen molar-refractivity contribution in [1.29, 1.82) is 0 Å². The number of fused-ring (bicyclic) bond motifs is 1. The number of anilines is 1. The maximum atomic E-state index is 13.0. The number of ketones is 1. The molecular weight excluding hydrogens is 521 g/mol. The highest BCUT2D eigenvalue weighted by Gasteiger charge is 2.31. The quantitative estimate of drug-likeness (QED) is 0.249. The maximum absolute atomic E-state index is 13.0. The van der Waals surface area contributed by atoms with Crippen LogP contribution in [0.3, 0.4) is 0 Å². The second-order valence-electron chi connectivity index (χ2n) is 9.73. The van der Waals surface area contributed by atoms with Gasteiger partial charge >= 0.3 is 6.18 Å². The Morgan fingerprint density at radius 3 is 2.62 bits per heavy atom. The van der Waals surface area contributed by atoms with Crippen LogP contribution < -0.4 is 5.73 Å². The van der Waals surface area contributed by atoms with Crippen LogP contribution in [0.1, 0.15) is 46.8 Å². The molecule has 0 saturated carbocycles. The van der Waals surface area contributed by atoms with E-state index in [0.717, 1.165) is 36.1 Å². The molecule has 1 atom stereocenters. The van der Waals surface area contributed by atoms with Crippen LogP contribution in [-0.2, 0) is 17.4 Å². The van der Waals surface area contributed by atoms with Crippen molar-refractivity contribution in [3.05, 3.63) is 84.2 Å². The molecule has 1 amide bonds. The summed E-state index contributed by atoms with van der Waals surface area (Å²) >= 11 is 0. The average molecular weight is 549 g/mol. The number of aryl methyl sites for hydroxylation is 1. The van der Waals surface area contributed by atoms with E-state index in [1.807, 2.05) is 28.9 Å². The van der Waals surface area contributed by atoms with Crippen LogP contribution in [0.5, 0.6) is 0 Å². The number of piperidine rings is 1. The average Bonchev–Trinajstić information content (AvgIpc) is 3.36. The van der Waals surface area contributed by atoms with E-state index in [9.17, 15) is 22.8 Å². The molecule has 0 bridgehead atoms. The summed E-state index contributed by atoms with van der Waals surface area (Å²) in [5, 5.41) is 5.47. The number of benzene rings is 2. The molecule has 0 aliphatic carbocycles. The second kappa shape index (κ2) is 10.9. The van der Waals surface area contributed by atoms with E-state index >= 15 is 0 Å². The summed E-state index contributed by atoms with van der Waals surface area (Å²) < 4.78 is 40.8. The number of likely N-dealkylation sites (tertiary alicyclic amines) is 1. The minimum absolute atomic E-state index is 0.0370. The summed E-state index contributed by atoms with van der Waals surface area (Å²) in [4.78, 5) is 35.1. The first-order valence-corrected chi connectivity index (χ1v) is 12.9. The van der Waals surface area contributed by atoms with Gasteiger partial charge in [0.2, 0.25) is 5.91 Å². The number of halogens is 3.